The van der Waals surface area contributed by atoms with Crippen molar-refractivity contribution in [2.24, 2.45) is 0 Å². The normalized spacial score (nSPS) is 24.5. The van der Waals surface area contributed by atoms with Crippen LogP contribution in [0.1, 0.15) is 43.6 Å². The van der Waals surface area contributed by atoms with E-state index < -0.39 is 10.0 Å². The van der Waals surface area contributed by atoms with Crippen molar-refractivity contribution in [1.82, 2.24) is 4.31 Å². The highest BCUT2D eigenvalue weighted by Crippen LogP contribution is 2.46. The lowest BCUT2D eigenvalue weighted by molar-refractivity contribution is -0.0440. The zero-order chi connectivity index (χ0) is 23.3. The quantitative estimate of drug-likeness (QED) is 0.516. The third kappa shape index (κ3) is 3.89. The first kappa shape index (κ1) is 22.7. The lowest BCUT2D eigenvalue weighted by atomic mass is 9.83. The van der Waals surface area contributed by atoms with Crippen LogP contribution in [0, 0.1) is 0 Å². The molecule has 4 rings (SSSR count). The molecule has 0 spiro atoms. The van der Waals surface area contributed by atoms with Crippen LogP contribution in [-0.2, 0) is 20.2 Å². The van der Waals surface area contributed by atoms with E-state index in [0.29, 0.717) is 18.7 Å². The van der Waals surface area contributed by atoms with Gasteiger partial charge in [0.05, 0.1) is 17.1 Å². The topological polar surface area (TPSA) is 66.9 Å². The molecule has 0 radical (unpaired) electrons. The zero-order valence-electron chi connectivity index (χ0n) is 19.2. The number of allylic oxidation sites excluding steroid dienone is 2. The van der Waals surface area contributed by atoms with Gasteiger partial charge >= 0.3 is 0 Å². The van der Waals surface area contributed by atoms with Crippen molar-refractivity contribution in [3.05, 3.63) is 71.4 Å². The van der Waals surface area contributed by atoms with Crippen LogP contribution in [0.4, 0.5) is 5.69 Å². The third-order valence-corrected chi connectivity index (χ3v) is 8.22. The van der Waals surface area contributed by atoms with E-state index in [1.165, 1.54) is 22.0 Å². The molecular weight excluding hydrogens is 424 g/mol. The van der Waals surface area contributed by atoms with Gasteiger partial charge in [-0.25, -0.2) is 8.42 Å². The molecule has 170 valence electrons. The third-order valence-electron chi connectivity index (χ3n) is 6.37. The number of sulfonamides is 1. The van der Waals surface area contributed by atoms with Gasteiger partial charge in [-0.3, -0.25) is 4.79 Å². The Bertz CT molecular complexity index is 1160. The Kier molecular flexibility index (Phi) is 5.77. The van der Waals surface area contributed by atoms with E-state index in [9.17, 15) is 13.2 Å². The summed E-state index contributed by atoms with van der Waals surface area (Å²) in [6.07, 6.45) is 1.35. The number of morpholine rings is 1. The number of hydrogen-bond donors (Lipinski definition) is 0. The first-order chi connectivity index (χ1) is 15.0. The van der Waals surface area contributed by atoms with E-state index in [4.69, 9.17) is 4.74 Å². The van der Waals surface area contributed by atoms with Crippen LogP contribution in [0.2, 0.25) is 0 Å². The highest BCUT2D eigenvalue weighted by molar-refractivity contribution is 7.89. The molecule has 6 nitrogen and oxygen atoms in total. The highest BCUT2D eigenvalue weighted by Gasteiger charge is 2.38. The smallest absolute Gasteiger partial charge is 0.243 e. The number of anilines is 1. The van der Waals surface area contributed by atoms with Crippen molar-refractivity contribution < 1.29 is 17.9 Å². The summed E-state index contributed by atoms with van der Waals surface area (Å²) in [6.45, 7) is 8.59. The van der Waals surface area contributed by atoms with Gasteiger partial charge in [0.1, 0.15) is 0 Å². The summed E-state index contributed by atoms with van der Waals surface area (Å²) >= 11 is 0. The zero-order valence-corrected chi connectivity index (χ0v) is 20.0. The highest BCUT2D eigenvalue weighted by atomic mass is 32.2. The maximum absolute atomic E-state index is 13.1. The van der Waals surface area contributed by atoms with Gasteiger partial charge in [-0.15, -0.1) is 0 Å². The molecule has 0 amide bonds. The Labute approximate surface area is 190 Å². The Morgan fingerprint density at radius 3 is 2.22 bits per heavy atom. The second-order valence-corrected chi connectivity index (χ2v) is 11.1. The minimum absolute atomic E-state index is 0.148. The first-order valence-corrected chi connectivity index (χ1v) is 12.3. The molecule has 0 saturated carbocycles. The number of benzene rings is 2. The lowest BCUT2D eigenvalue weighted by Gasteiger charge is -2.34. The molecule has 2 heterocycles. The van der Waals surface area contributed by atoms with Gasteiger partial charge in [0.15, 0.2) is 5.78 Å². The summed E-state index contributed by atoms with van der Waals surface area (Å²) in [4.78, 5) is 15.3. The molecule has 0 aliphatic carbocycles. The molecule has 0 unspecified atom stereocenters. The number of nitrogens with zero attached hydrogens (tertiary/aromatic N) is 2. The predicted octanol–water partition coefficient (Wildman–Crippen LogP) is 3.98. The number of fused-ring (bicyclic) bond motifs is 1. The van der Waals surface area contributed by atoms with Crippen molar-refractivity contribution in [2.45, 2.75) is 50.2 Å². The predicted molar refractivity (Wildman–Crippen MR) is 125 cm³/mol. The van der Waals surface area contributed by atoms with E-state index >= 15 is 0 Å². The van der Waals surface area contributed by atoms with E-state index in [0.717, 1.165) is 11.4 Å². The average molecular weight is 455 g/mol. The van der Waals surface area contributed by atoms with Crippen LogP contribution in [0.15, 0.2) is 65.2 Å². The molecule has 2 aliphatic heterocycles. The number of carbonyl (C=O) groups excluding carboxylic acids is 1. The van der Waals surface area contributed by atoms with Gasteiger partial charge in [-0.2, -0.15) is 4.31 Å². The van der Waals surface area contributed by atoms with Gasteiger partial charge in [0.2, 0.25) is 10.0 Å². The van der Waals surface area contributed by atoms with Crippen LogP contribution in [0.25, 0.3) is 0 Å². The van der Waals surface area contributed by atoms with Gasteiger partial charge in [-0.1, -0.05) is 32.0 Å². The van der Waals surface area contributed by atoms with E-state index in [1.54, 1.807) is 18.2 Å². The van der Waals surface area contributed by atoms with E-state index in [-0.39, 0.29) is 28.3 Å². The molecule has 2 aromatic rings. The molecule has 0 aromatic heterocycles. The second-order valence-electron chi connectivity index (χ2n) is 9.20. The first-order valence-electron chi connectivity index (χ1n) is 10.9. The number of hydrogen-bond acceptors (Lipinski definition) is 5. The minimum Gasteiger partial charge on any atom is -0.373 e. The molecule has 32 heavy (non-hydrogen) atoms. The SMILES string of the molecule is C[C@@H]1CN(S(=O)(=O)c2ccc(C(=O)/C=C3/N(C)c4ccccc4C3(C)C)cc2)C[C@H](C)O1. The fourth-order valence-electron chi connectivity index (χ4n) is 4.73. The van der Waals surface area contributed by atoms with Gasteiger partial charge in [0, 0.05) is 48.6 Å². The molecule has 7 heteroatoms. The number of ether oxygens (including phenoxy) is 1. The second kappa shape index (κ2) is 8.14. The molecular formula is C25H30N2O4S. The van der Waals surface area contributed by atoms with E-state index in [2.05, 4.69) is 26.0 Å². The summed E-state index contributed by atoms with van der Waals surface area (Å²) in [5.74, 6) is -0.148. The van der Waals surface area contributed by atoms with Crippen molar-refractivity contribution >= 4 is 21.5 Å². The molecule has 1 saturated heterocycles. The van der Waals surface area contributed by atoms with Crippen molar-refractivity contribution in [2.75, 3.05) is 25.0 Å². The standard InChI is InChI=1S/C25H30N2O4S/c1-17-15-27(16-18(2)31-17)32(29,30)20-12-10-19(11-13-20)23(28)14-24-25(3,4)21-8-6-7-9-22(21)26(24)5/h6-14,17-18H,15-16H2,1-5H3/b24-14+/t17-,18+. The molecule has 0 bridgehead atoms. The summed E-state index contributed by atoms with van der Waals surface area (Å²) in [5.41, 5.74) is 3.34. The molecule has 0 N–H and O–H groups in total. The largest absolute Gasteiger partial charge is 0.373 e. The fourth-order valence-corrected chi connectivity index (χ4v) is 6.32. The van der Waals surface area contributed by atoms with Gasteiger partial charge < -0.3 is 9.64 Å². The number of para-hydroxylation sites is 1. The van der Waals surface area contributed by atoms with Crippen LogP contribution < -0.4 is 4.90 Å². The maximum Gasteiger partial charge on any atom is 0.243 e. The van der Waals surface area contributed by atoms with Crippen LogP contribution in [0.5, 0.6) is 0 Å². The summed E-state index contributed by atoms with van der Waals surface area (Å²) in [7, 11) is -1.67. The van der Waals surface area contributed by atoms with Crippen LogP contribution in [-0.4, -0.2) is 50.9 Å². The van der Waals surface area contributed by atoms with E-state index in [1.807, 2.05) is 37.9 Å². The Morgan fingerprint density at radius 1 is 1.03 bits per heavy atom. The average Bonchev–Trinajstić information content (AvgIpc) is 2.94. The number of likely N-dealkylation sites (N-methyl/N-ethyl adjacent to an activating group) is 1. The molecule has 1 fully saturated rings. The van der Waals surface area contributed by atoms with Gasteiger partial charge in [-0.05, 0) is 49.7 Å². The molecule has 2 aromatic carbocycles. The Hall–Kier alpha value is -2.48. The number of ketones is 1. The van der Waals surface area contributed by atoms with Crippen molar-refractivity contribution in [1.29, 1.82) is 0 Å². The summed E-state index contributed by atoms with van der Waals surface area (Å²) < 4.78 is 33.2. The Morgan fingerprint density at radius 2 is 1.62 bits per heavy atom. The van der Waals surface area contributed by atoms with Gasteiger partial charge in [0.25, 0.3) is 0 Å². The fraction of sp³-hybridized carbons (Fsp3) is 0.400. The summed E-state index contributed by atoms with van der Waals surface area (Å²) in [5, 5.41) is 0. The monoisotopic (exact) mass is 454 g/mol. The molecule has 2 aliphatic rings. The Balaban J connectivity index is 1.58. The van der Waals surface area contributed by atoms with Crippen LogP contribution >= 0.6 is 0 Å². The number of rotatable bonds is 4. The number of carbonyl (C=O) groups is 1. The maximum atomic E-state index is 13.1. The molecule has 2 atom stereocenters. The van der Waals surface area contributed by atoms with Crippen LogP contribution in [0.3, 0.4) is 0 Å². The minimum atomic E-state index is -3.64. The van der Waals surface area contributed by atoms with Crippen molar-refractivity contribution in [3.8, 4) is 0 Å². The summed E-state index contributed by atoms with van der Waals surface area (Å²) in [6, 6.07) is 14.4. The lowest BCUT2D eigenvalue weighted by Crippen LogP contribution is -2.48. The van der Waals surface area contributed by atoms with Crippen molar-refractivity contribution in [3.63, 3.8) is 0 Å².